The van der Waals surface area contributed by atoms with Gasteiger partial charge in [0, 0.05) is 24.7 Å². The lowest BCUT2D eigenvalue weighted by atomic mass is 9.68. The van der Waals surface area contributed by atoms with Gasteiger partial charge in [0.25, 0.3) is 0 Å². The molecular weight excluding hydrogens is 466 g/mol. The molecule has 3 fully saturated rings. The van der Waals surface area contributed by atoms with Crippen LogP contribution in [0.1, 0.15) is 50.5 Å². The van der Waals surface area contributed by atoms with Gasteiger partial charge in [0.1, 0.15) is 6.54 Å². The monoisotopic (exact) mass is 505 g/mol. The average molecular weight is 506 g/mol. The molecule has 2 saturated carbocycles. The summed E-state index contributed by atoms with van der Waals surface area (Å²) in [6, 6.07) is 14.2. The van der Waals surface area contributed by atoms with Gasteiger partial charge in [-0.2, -0.15) is 0 Å². The van der Waals surface area contributed by atoms with E-state index in [0.717, 1.165) is 32.2 Å². The summed E-state index contributed by atoms with van der Waals surface area (Å²) >= 11 is 0. The summed E-state index contributed by atoms with van der Waals surface area (Å²) in [5, 5.41) is 2.88. The largest absolute Gasteiger partial charge is 0.481 e. The van der Waals surface area contributed by atoms with Crippen molar-refractivity contribution in [1.82, 2.24) is 19.7 Å². The van der Waals surface area contributed by atoms with Crippen LogP contribution < -0.4 is 10.1 Å². The Morgan fingerprint density at radius 2 is 1.84 bits per heavy atom. The van der Waals surface area contributed by atoms with Gasteiger partial charge in [-0.05, 0) is 70.2 Å². The molecule has 0 radical (unpaired) electrons. The van der Waals surface area contributed by atoms with Gasteiger partial charge in [-0.15, -0.1) is 0 Å². The van der Waals surface area contributed by atoms with Crippen LogP contribution >= 0.6 is 0 Å². The Hall–Kier alpha value is -3.13. The van der Waals surface area contributed by atoms with E-state index in [-0.39, 0.29) is 29.6 Å². The number of carbonyl (C=O) groups is 2. The highest BCUT2D eigenvalue weighted by atomic mass is 16.5. The molecule has 1 spiro atoms. The zero-order valence-electron chi connectivity index (χ0n) is 22.3. The maximum absolute atomic E-state index is 13.7. The number of nitrogens with one attached hydrogen (secondary N) is 1. The summed E-state index contributed by atoms with van der Waals surface area (Å²) in [6.07, 6.45) is 9.02. The fraction of sp³-hybridized carbons (Fsp3) is 0.552. The predicted molar refractivity (Wildman–Crippen MR) is 143 cm³/mol. The first-order valence-corrected chi connectivity index (χ1v) is 13.4. The summed E-state index contributed by atoms with van der Waals surface area (Å²) in [5.41, 5.74) is 1.68. The number of methoxy groups -OCH3 is 1. The normalized spacial score (nSPS) is 26.0. The maximum Gasteiger partial charge on any atom is 0.321 e. The van der Waals surface area contributed by atoms with E-state index in [4.69, 9.17) is 4.74 Å². The van der Waals surface area contributed by atoms with Crippen molar-refractivity contribution in [1.29, 1.82) is 0 Å². The number of benzene rings is 1. The van der Waals surface area contributed by atoms with Crippen molar-refractivity contribution in [2.45, 2.75) is 56.0 Å². The van der Waals surface area contributed by atoms with Gasteiger partial charge in [-0.1, -0.05) is 36.8 Å². The third-order valence-corrected chi connectivity index (χ3v) is 8.96. The average Bonchev–Trinajstić information content (AvgIpc) is 3.12. The van der Waals surface area contributed by atoms with Crippen LogP contribution in [0.25, 0.3) is 0 Å². The van der Waals surface area contributed by atoms with Crippen LogP contribution in [0.5, 0.6) is 5.88 Å². The standard InChI is InChI=1S/C29H39N5O3/c1-32(2)29(23-10-5-4-6-11-23)16-14-28(15-17-29)21-33(27(36)34(28)19-22-8-7-9-22)20-25(35)31-24-12-13-26(37-3)30-18-24/h4-6,10-13,18,22H,7-9,14-17,19-21H2,1-3H3,(H,31,35). The smallest absolute Gasteiger partial charge is 0.321 e. The molecule has 1 aliphatic heterocycles. The van der Waals surface area contributed by atoms with Crippen LogP contribution in [0.15, 0.2) is 48.7 Å². The Bertz CT molecular complexity index is 1090. The van der Waals surface area contributed by atoms with E-state index in [2.05, 4.69) is 64.5 Å². The van der Waals surface area contributed by atoms with Gasteiger partial charge in [0.05, 0.1) is 24.5 Å². The maximum atomic E-state index is 13.7. The molecule has 1 N–H and O–H groups in total. The van der Waals surface area contributed by atoms with Crippen LogP contribution in [0.2, 0.25) is 0 Å². The SMILES string of the molecule is COc1ccc(NC(=O)CN2CC3(CCC(c4ccccc4)(N(C)C)CC3)N(CC3CCC3)C2=O)cn1. The Labute approximate surface area is 220 Å². The molecule has 8 heteroatoms. The van der Waals surface area contributed by atoms with Crippen LogP contribution in [-0.2, 0) is 10.3 Å². The number of ether oxygens (including phenoxy) is 1. The molecule has 3 amide bonds. The first-order chi connectivity index (χ1) is 17.8. The minimum absolute atomic E-state index is 0.00645. The molecule has 0 bridgehead atoms. The number of urea groups is 1. The molecule has 8 nitrogen and oxygen atoms in total. The molecule has 2 aromatic rings. The van der Waals surface area contributed by atoms with E-state index in [9.17, 15) is 9.59 Å². The lowest BCUT2D eigenvalue weighted by molar-refractivity contribution is -0.116. The number of amides is 3. The quantitative estimate of drug-likeness (QED) is 0.578. The molecule has 3 aliphatic rings. The second-order valence-electron chi connectivity index (χ2n) is 11.2. The van der Waals surface area contributed by atoms with Gasteiger partial charge < -0.3 is 19.9 Å². The molecule has 0 unspecified atom stereocenters. The molecule has 1 aromatic heterocycles. The van der Waals surface area contributed by atoms with Crippen molar-refractivity contribution in [2.75, 3.05) is 46.2 Å². The minimum Gasteiger partial charge on any atom is -0.481 e. The van der Waals surface area contributed by atoms with Gasteiger partial charge in [0.2, 0.25) is 11.8 Å². The number of nitrogens with zero attached hydrogens (tertiary/aromatic N) is 4. The van der Waals surface area contributed by atoms with Crippen molar-refractivity contribution < 1.29 is 14.3 Å². The van der Waals surface area contributed by atoms with Crippen LogP contribution in [0, 0.1) is 5.92 Å². The van der Waals surface area contributed by atoms with E-state index in [1.165, 1.54) is 24.8 Å². The fourth-order valence-corrected chi connectivity index (χ4v) is 6.46. The third-order valence-electron chi connectivity index (χ3n) is 8.96. The summed E-state index contributed by atoms with van der Waals surface area (Å²) in [4.78, 5) is 37.1. The predicted octanol–water partition coefficient (Wildman–Crippen LogP) is 4.34. The molecular formula is C29H39N5O3. The lowest BCUT2D eigenvalue weighted by Gasteiger charge is -2.51. The highest BCUT2D eigenvalue weighted by Crippen LogP contribution is 2.49. The summed E-state index contributed by atoms with van der Waals surface area (Å²) in [5.74, 6) is 0.862. The number of hydrogen-bond donors (Lipinski definition) is 1. The number of pyridine rings is 1. The molecule has 0 atom stereocenters. The van der Waals surface area contributed by atoms with Crippen molar-refractivity contribution in [3.63, 3.8) is 0 Å². The summed E-state index contributed by atoms with van der Waals surface area (Å²) < 4.78 is 5.09. The number of hydrogen-bond acceptors (Lipinski definition) is 5. The summed E-state index contributed by atoms with van der Waals surface area (Å²) in [7, 11) is 5.89. The van der Waals surface area contributed by atoms with E-state index < -0.39 is 0 Å². The Morgan fingerprint density at radius 1 is 1.11 bits per heavy atom. The number of rotatable bonds is 8. The van der Waals surface area contributed by atoms with E-state index in [0.29, 0.717) is 24.0 Å². The van der Waals surface area contributed by atoms with Crippen molar-refractivity contribution in [2.24, 2.45) is 5.92 Å². The molecule has 198 valence electrons. The van der Waals surface area contributed by atoms with Gasteiger partial charge in [-0.3, -0.25) is 9.69 Å². The molecule has 1 saturated heterocycles. The Morgan fingerprint density at radius 3 is 2.41 bits per heavy atom. The summed E-state index contributed by atoms with van der Waals surface area (Å²) in [6.45, 7) is 1.45. The van der Waals surface area contributed by atoms with Gasteiger partial charge in [0.15, 0.2) is 0 Å². The van der Waals surface area contributed by atoms with Crippen LogP contribution in [0.4, 0.5) is 10.5 Å². The zero-order valence-corrected chi connectivity index (χ0v) is 22.3. The van der Waals surface area contributed by atoms with E-state index >= 15 is 0 Å². The highest BCUT2D eigenvalue weighted by Gasteiger charge is 2.55. The Kier molecular flexibility index (Phi) is 7.12. The van der Waals surface area contributed by atoms with Crippen LogP contribution in [-0.4, -0.2) is 78.0 Å². The Balaban J connectivity index is 1.32. The van der Waals surface area contributed by atoms with E-state index in [1.807, 2.05) is 0 Å². The van der Waals surface area contributed by atoms with E-state index in [1.54, 1.807) is 30.3 Å². The second-order valence-corrected chi connectivity index (χ2v) is 11.2. The molecule has 2 heterocycles. The molecule has 2 aliphatic carbocycles. The first-order valence-electron chi connectivity index (χ1n) is 13.4. The highest BCUT2D eigenvalue weighted by molar-refractivity contribution is 5.94. The first kappa shape index (κ1) is 25.5. The fourth-order valence-electron chi connectivity index (χ4n) is 6.46. The number of carbonyl (C=O) groups excluding carboxylic acids is 2. The minimum atomic E-state index is -0.219. The molecule has 5 rings (SSSR count). The number of anilines is 1. The lowest BCUT2D eigenvalue weighted by Crippen LogP contribution is -2.56. The van der Waals surface area contributed by atoms with Crippen molar-refractivity contribution in [3.05, 3.63) is 54.2 Å². The van der Waals surface area contributed by atoms with Gasteiger partial charge >= 0.3 is 6.03 Å². The van der Waals surface area contributed by atoms with Gasteiger partial charge in [-0.25, -0.2) is 9.78 Å². The topological polar surface area (TPSA) is 78.0 Å². The van der Waals surface area contributed by atoms with Crippen molar-refractivity contribution >= 4 is 17.6 Å². The third kappa shape index (κ3) is 4.91. The molecule has 1 aromatic carbocycles. The molecule has 37 heavy (non-hydrogen) atoms. The zero-order chi connectivity index (χ0) is 26.0. The second kappa shape index (κ2) is 10.3. The van der Waals surface area contributed by atoms with Crippen molar-refractivity contribution in [3.8, 4) is 5.88 Å². The number of aromatic nitrogens is 1. The van der Waals surface area contributed by atoms with Crippen LogP contribution in [0.3, 0.4) is 0 Å².